The van der Waals surface area contributed by atoms with E-state index in [1.54, 1.807) is 0 Å². The highest BCUT2D eigenvalue weighted by atomic mass is 16.2. The van der Waals surface area contributed by atoms with Crippen LogP contribution in [0, 0.1) is 11.3 Å². The van der Waals surface area contributed by atoms with Gasteiger partial charge in [-0.2, -0.15) is 5.26 Å². The van der Waals surface area contributed by atoms with Crippen LogP contribution in [0.15, 0.2) is 30.3 Å². The standard InChI is InChI=1S/C14H15N5O/c1-2-12-16-13(18-17-12)14(20)19(9-8-15)10-11-6-4-3-5-7-11/h3-7H,2,9-10H2,1H3,(H,16,17,18). The Balaban J connectivity index is 2.15. The van der Waals surface area contributed by atoms with Crippen LogP contribution in [0.5, 0.6) is 0 Å². The lowest BCUT2D eigenvalue weighted by Gasteiger charge is -2.17. The summed E-state index contributed by atoms with van der Waals surface area (Å²) in [6.07, 6.45) is 0.678. The molecule has 2 rings (SSSR count). The number of carbonyl (C=O) groups excluding carboxylic acids is 1. The number of benzene rings is 1. The van der Waals surface area contributed by atoms with Crippen molar-refractivity contribution in [3.8, 4) is 6.07 Å². The topological polar surface area (TPSA) is 85.7 Å². The number of H-pyrrole nitrogens is 1. The van der Waals surface area contributed by atoms with Crippen LogP contribution in [-0.4, -0.2) is 32.5 Å². The van der Waals surface area contributed by atoms with Crippen molar-refractivity contribution >= 4 is 5.91 Å². The number of aromatic amines is 1. The number of carbonyl (C=O) groups is 1. The number of nitrogens with one attached hydrogen (secondary N) is 1. The van der Waals surface area contributed by atoms with Gasteiger partial charge in [0.05, 0.1) is 6.07 Å². The lowest BCUT2D eigenvalue weighted by molar-refractivity contribution is 0.0753. The maximum absolute atomic E-state index is 12.3. The van der Waals surface area contributed by atoms with Crippen molar-refractivity contribution in [3.05, 3.63) is 47.5 Å². The molecule has 1 N–H and O–H groups in total. The van der Waals surface area contributed by atoms with Crippen LogP contribution >= 0.6 is 0 Å². The minimum Gasteiger partial charge on any atom is -0.318 e. The summed E-state index contributed by atoms with van der Waals surface area (Å²) in [6.45, 7) is 2.29. The quantitative estimate of drug-likeness (QED) is 0.834. The predicted octanol–water partition coefficient (Wildman–Crippen LogP) is 1.53. The zero-order valence-electron chi connectivity index (χ0n) is 11.2. The Hall–Kier alpha value is -2.68. The molecule has 0 bridgehead atoms. The van der Waals surface area contributed by atoms with Gasteiger partial charge in [0.2, 0.25) is 5.82 Å². The maximum Gasteiger partial charge on any atom is 0.294 e. The van der Waals surface area contributed by atoms with Gasteiger partial charge in [-0.05, 0) is 5.56 Å². The summed E-state index contributed by atoms with van der Waals surface area (Å²) in [5.74, 6) is 0.421. The molecule has 0 aliphatic carbocycles. The second kappa shape index (κ2) is 6.48. The van der Waals surface area contributed by atoms with E-state index in [0.29, 0.717) is 18.8 Å². The van der Waals surface area contributed by atoms with Crippen LogP contribution in [0.2, 0.25) is 0 Å². The predicted molar refractivity (Wildman–Crippen MR) is 72.6 cm³/mol. The van der Waals surface area contributed by atoms with Gasteiger partial charge in [0.1, 0.15) is 12.4 Å². The van der Waals surface area contributed by atoms with Crippen LogP contribution < -0.4 is 0 Å². The van der Waals surface area contributed by atoms with E-state index in [0.717, 1.165) is 5.56 Å². The van der Waals surface area contributed by atoms with Gasteiger partial charge in [0.15, 0.2) is 0 Å². The normalized spacial score (nSPS) is 10.0. The molecule has 0 saturated carbocycles. The van der Waals surface area contributed by atoms with Crippen molar-refractivity contribution in [2.75, 3.05) is 6.54 Å². The molecule has 1 aromatic heterocycles. The Kier molecular flexibility index (Phi) is 4.45. The van der Waals surface area contributed by atoms with Gasteiger partial charge in [-0.15, -0.1) is 5.10 Å². The smallest absolute Gasteiger partial charge is 0.294 e. The van der Waals surface area contributed by atoms with Crippen molar-refractivity contribution < 1.29 is 4.79 Å². The summed E-state index contributed by atoms with van der Waals surface area (Å²) in [4.78, 5) is 17.8. The van der Waals surface area contributed by atoms with E-state index < -0.39 is 0 Å². The summed E-state index contributed by atoms with van der Waals surface area (Å²) < 4.78 is 0. The average molecular weight is 269 g/mol. The van der Waals surface area contributed by atoms with Crippen molar-refractivity contribution in [2.24, 2.45) is 0 Å². The van der Waals surface area contributed by atoms with Crippen LogP contribution in [0.4, 0.5) is 0 Å². The molecule has 1 heterocycles. The number of nitrogens with zero attached hydrogens (tertiary/aromatic N) is 4. The van der Waals surface area contributed by atoms with Gasteiger partial charge in [-0.1, -0.05) is 37.3 Å². The van der Waals surface area contributed by atoms with Crippen molar-refractivity contribution in [1.82, 2.24) is 20.1 Å². The third-order valence-electron chi connectivity index (χ3n) is 2.82. The average Bonchev–Trinajstić information content (AvgIpc) is 2.96. The molecule has 6 heteroatoms. The summed E-state index contributed by atoms with van der Waals surface area (Å²) in [5.41, 5.74) is 0.961. The maximum atomic E-state index is 12.3. The molecule has 1 aromatic carbocycles. The lowest BCUT2D eigenvalue weighted by Crippen LogP contribution is -2.31. The minimum absolute atomic E-state index is 0.00370. The van der Waals surface area contributed by atoms with Crippen LogP contribution in [0.3, 0.4) is 0 Å². The van der Waals surface area contributed by atoms with Gasteiger partial charge in [-0.3, -0.25) is 9.89 Å². The number of amides is 1. The minimum atomic E-state index is -0.341. The lowest BCUT2D eigenvalue weighted by atomic mass is 10.2. The Bertz CT molecular complexity index is 614. The molecule has 0 saturated heterocycles. The number of aryl methyl sites for hydroxylation is 1. The zero-order chi connectivity index (χ0) is 14.4. The molecular formula is C14H15N5O. The highest BCUT2D eigenvalue weighted by Crippen LogP contribution is 2.07. The van der Waals surface area contributed by atoms with E-state index in [1.807, 2.05) is 43.3 Å². The van der Waals surface area contributed by atoms with Crippen LogP contribution in [0.1, 0.15) is 28.9 Å². The molecule has 102 valence electrons. The highest BCUT2D eigenvalue weighted by Gasteiger charge is 2.20. The fraction of sp³-hybridized carbons (Fsp3) is 0.286. The number of aromatic nitrogens is 3. The first-order valence-electron chi connectivity index (χ1n) is 6.36. The number of rotatable bonds is 5. The molecule has 6 nitrogen and oxygen atoms in total. The molecule has 2 aromatic rings. The van der Waals surface area contributed by atoms with Gasteiger partial charge in [0.25, 0.3) is 5.91 Å². The van der Waals surface area contributed by atoms with Crippen LogP contribution in [-0.2, 0) is 13.0 Å². The van der Waals surface area contributed by atoms with E-state index >= 15 is 0 Å². The first kappa shape index (κ1) is 13.7. The second-order valence-corrected chi connectivity index (χ2v) is 4.26. The zero-order valence-corrected chi connectivity index (χ0v) is 11.2. The second-order valence-electron chi connectivity index (χ2n) is 4.26. The fourth-order valence-corrected chi connectivity index (χ4v) is 1.78. The Morgan fingerprint density at radius 1 is 1.40 bits per heavy atom. The molecular weight excluding hydrogens is 254 g/mol. The Morgan fingerprint density at radius 3 is 2.75 bits per heavy atom. The molecule has 0 spiro atoms. The van der Waals surface area contributed by atoms with E-state index in [4.69, 9.17) is 5.26 Å². The van der Waals surface area contributed by atoms with Crippen molar-refractivity contribution in [2.45, 2.75) is 19.9 Å². The molecule has 0 aliphatic heterocycles. The monoisotopic (exact) mass is 269 g/mol. The van der Waals surface area contributed by atoms with E-state index in [1.165, 1.54) is 4.90 Å². The van der Waals surface area contributed by atoms with Gasteiger partial charge in [-0.25, -0.2) is 4.98 Å². The number of hydrogen-bond donors (Lipinski definition) is 1. The summed E-state index contributed by atoms with van der Waals surface area (Å²) in [7, 11) is 0. The molecule has 0 radical (unpaired) electrons. The third kappa shape index (κ3) is 3.20. The van der Waals surface area contributed by atoms with Crippen molar-refractivity contribution in [3.63, 3.8) is 0 Å². The van der Waals surface area contributed by atoms with Crippen molar-refractivity contribution in [1.29, 1.82) is 5.26 Å². The highest BCUT2D eigenvalue weighted by molar-refractivity contribution is 5.90. The SMILES string of the molecule is CCc1nc(C(=O)N(CC#N)Cc2ccccc2)n[nH]1. The molecule has 0 aliphatic rings. The Morgan fingerprint density at radius 2 is 2.15 bits per heavy atom. The third-order valence-corrected chi connectivity index (χ3v) is 2.82. The first-order chi connectivity index (χ1) is 9.74. The van der Waals surface area contributed by atoms with E-state index in [2.05, 4.69) is 15.2 Å². The first-order valence-corrected chi connectivity index (χ1v) is 6.36. The molecule has 1 amide bonds. The molecule has 0 unspecified atom stereocenters. The number of hydrogen-bond acceptors (Lipinski definition) is 4. The van der Waals surface area contributed by atoms with Gasteiger partial charge >= 0.3 is 0 Å². The summed E-state index contributed by atoms with van der Waals surface area (Å²) >= 11 is 0. The van der Waals surface area contributed by atoms with Gasteiger partial charge < -0.3 is 4.90 Å². The van der Waals surface area contributed by atoms with Gasteiger partial charge in [0, 0.05) is 13.0 Å². The van der Waals surface area contributed by atoms with Crippen LogP contribution in [0.25, 0.3) is 0 Å². The Labute approximate surface area is 117 Å². The number of nitriles is 1. The molecule has 0 fully saturated rings. The largest absolute Gasteiger partial charge is 0.318 e. The molecule has 0 atom stereocenters. The fourth-order valence-electron chi connectivity index (χ4n) is 1.78. The summed E-state index contributed by atoms with van der Waals surface area (Å²) in [5, 5.41) is 15.5. The summed E-state index contributed by atoms with van der Waals surface area (Å²) in [6, 6.07) is 11.5. The van der Waals surface area contributed by atoms with E-state index in [-0.39, 0.29) is 18.3 Å². The van der Waals surface area contributed by atoms with E-state index in [9.17, 15) is 4.79 Å². The molecule has 20 heavy (non-hydrogen) atoms.